The molecule has 0 N–H and O–H groups in total. The van der Waals surface area contributed by atoms with E-state index in [1.54, 1.807) is 31.9 Å². The molecule has 0 saturated heterocycles. The van der Waals surface area contributed by atoms with Crippen LogP contribution < -0.4 is 0 Å². The van der Waals surface area contributed by atoms with Crippen LogP contribution in [0.1, 0.15) is 0 Å². The van der Waals surface area contributed by atoms with E-state index >= 15 is 0 Å². The SMILES string of the molecule is IC1=C(I)[Se]C(=C2SC3=C(OCCO3)S2)[Se]1. The molecule has 0 bridgehead atoms. The molecule has 0 atom stereocenters. The van der Waals surface area contributed by atoms with Crippen LogP contribution in [0.2, 0.25) is 0 Å². The molecule has 0 aromatic carbocycles. The molecule has 0 radical (unpaired) electrons. The quantitative estimate of drug-likeness (QED) is 0.311. The van der Waals surface area contributed by atoms with E-state index in [1.165, 1.54) is 4.24 Å². The van der Waals surface area contributed by atoms with Gasteiger partial charge in [0.2, 0.25) is 0 Å². The summed E-state index contributed by atoms with van der Waals surface area (Å²) in [4.78, 5) is 0. The van der Waals surface area contributed by atoms with Gasteiger partial charge < -0.3 is 0 Å². The first-order chi connectivity index (χ1) is 7.74. The standard InChI is InChI=1S/C8H4I2O2S2Se2/c9-3-4(10)16-8(15-3)7-13-5-6(14-7)12-2-1-11-5/h1-2H2. The van der Waals surface area contributed by atoms with Gasteiger partial charge in [0.1, 0.15) is 0 Å². The summed E-state index contributed by atoms with van der Waals surface area (Å²) in [6.45, 7) is 1.39. The first-order valence-electron chi connectivity index (χ1n) is 4.25. The number of rotatable bonds is 0. The molecule has 3 rings (SSSR count). The van der Waals surface area contributed by atoms with Crippen molar-refractivity contribution >= 4 is 98.6 Å². The van der Waals surface area contributed by atoms with E-state index in [1.807, 2.05) is 0 Å². The Morgan fingerprint density at radius 2 is 1.44 bits per heavy atom. The number of hydrogen-bond donors (Lipinski definition) is 0. The van der Waals surface area contributed by atoms with Gasteiger partial charge in [-0.05, 0) is 0 Å². The summed E-state index contributed by atoms with van der Waals surface area (Å²) >= 11 is 9.63. The van der Waals surface area contributed by atoms with E-state index in [0.29, 0.717) is 43.1 Å². The number of thioether (sulfide) groups is 2. The Morgan fingerprint density at radius 1 is 0.938 bits per heavy atom. The van der Waals surface area contributed by atoms with Crippen molar-refractivity contribution in [1.82, 2.24) is 0 Å². The fourth-order valence-electron chi connectivity index (χ4n) is 1.15. The van der Waals surface area contributed by atoms with Crippen LogP contribution in [0.4, 0.5) is 0 Å². The maximum absolute atomic E-state index is 5.60. The Kier molecular flexibility index (Phi) is 4.53. The molecule has 3 aliphatic rings. The van der Waals surface area contributed by atoms with Crippen molar-refractivity contribution in [3.05, 3.63) is 22.7 Å². The van der Waals surface area contributed by atoms with Crippen molar-refractivity contribution in [2.75, 3.05) is 13.2 Å². The van der Waals surface area contributed by atoms with Crippen LogP contribution in [0.15, 0.2) is 22.7 Å². The Balaban J connectivity index is 1.79. The van der Waals surface area contributed by atoms with Gasteiger partial charge in [-0.25, -0.2) is 0 Å². The topological polar surface area (TPSA) is 18.5 Å². The molecule has 0 aromatic heterocycles. The minimum absolute atomic E-state index is 0.557. The van der Waals surface area contributed by atoms with E-state index < -0.39 is 0 Å². The van der Waals surface area contributed by atoms with Crippen LogP contribution in [-0.4, -0.2) is 43.1 Å². The van der Waals surface area contributed by atoms with Gasteiger partial charge >= 0.3 is 144 Å². The molecule has 0 aromatic rings. The van der Waals surface area contributed by atoms with Gasteiger partial charge in [0.25, 0.3) is 0 Å². The van der Waals surface area contributed by atoms with E-state index in [-0.39, 0.29) is 0 Å². The third kappa shape index (κ3) is 2.64. The monoisotopic (exact) mass is 610 g/mol. The Labute approximate surface area is 142 Å². The van der Waals surface area contributed by atoms with Crippen molar-refractivity contribution in [3.8, 4) is 0 Å². The van der Waals surface area contributed by atoms with Gasteiger partial charge in [-0.2, -0.15) is 0 Å². The summed E-state index contributed by atoms with van der Waals surface area (Å²) in [6.07, 6.45) is 0. The predicted molar refractivity (Wildman–Crippen MR) is 87.7 cm³/mol. The van der Waals surface area contributed by atoms with Crippen LogP contribution in [-0.2, 0) is 9.47 Å². The average Bonchev–Trinajstić information content (AvgIpc) is 2.83. The number of hydrogen-bond acceptors (Lipinski definition) is 4. The van der Waals surface area contributed by atoms with E-state index in [4.69, 9.17) is 9.47 Å². The maximum atomic E-state index is 5.60. The number of ether oxygens (including phenoxy) is 2. The van der Waals surface area contributed by atoms with E-state index in [0.717, 1.165) is 10.2 Å². The zero-order chi connectivity index (χ0) is 11.1. The predicted octanol–water partition coefficient (Wildman–Crippen LogP) is 3.19. The summed E-state index contributed by atoms with van der Waals surface area (Å²) in [5.74, 6) is 0. The Bertz CT molecular complexity index is 411. The van der Waals surface area contributed by atoms with Crippen molar-refractivity contribution in [2.45, 2.75) is 0 Å². The average molecular weight is 608 g/mol. The fourth-order valence-corrected chi connectivity index (χ4v) is 16.6. The molecular formula is C8H4I2O2S2Se2. The minimum atomic E-state index is 0.557. The van der Waals surface area contributed by atoms with Crippen molar-refractivity contribution in [2.24, 2.45) is 0 Å². The van der Waals surface area contributed by atoms with Crippen LogP contribution >= 0.6 is 68.7 Å². The molecule has 16 heavy (non-hydrogen) atoms. The van der Waals surface area contributed by atoms with Gasteiger partial charge in [-0.1, -0.05) is 0 Å². The normalized spacial score (nSPS) is 24.9. The van der Waals surface area contributed by atoms with Crippen molar-refractivity contribution < 1.29 is 9.47 Å². The first kappa shape index (κ1) is 13.0. The van der Waals surface area contributed by atoms with Gasteiger partial charge in [-0.3, -0.25) is 0 Å². The molecule has 3 aliphatic heterocycles. The molecule has 0 aliphatic carbocycles. The second-order valence-electron chi connectivity index (χ2n) is 2.80. The molecule has 0 spiro atoms. The van der Waals surface area contributed by atoms with Gasteiger partial charge in [0, 0.05) is 0 Å². The summed E-state index contributed by atoms with van der Waals surface area (Å²) in [5, 5.41) is 1.98. The third-order valence-corrected chi connectivity index (χ3v) is 17.1. The molecule has 2 nitrogen and oxygen atoms in total. The molecule has 0 saturated carbocycles. The summed E-state index contributed by atoms with van der Waals surface area (Å²) in [5.41, 5.74) is 0. The molecular weight excluding hydrogens is 604 g/mol. The van der Waals surface area contributed by atoms with Gasteiger partial charge in [0.05, 0.1) is 0 Å². The van der Waals surface area contributed by atoms with E-state index in [2.05, 4.69) is 45.2 Å². The van der Waals surface area contributed by atoms with Crippen molar-refractivity contribution in [3.63, 3.8) is 0 Å². The van der Waals surface area contributed by atoms with Crippen molar-refractivity contribution in [1.29, 1.82) is 0 Å². The van der Waals surface area contributed by atoms with Crippen LogP contribution in [0.25, 0.3) is 0 Å². The fraction of sp³-hybridized carbons (Fsp3) is 0.250. The molecule has 3 heterocycles. The summed E-state index contributed by atoms with van der Waals surface area (Å²) in [6, 6.07) is 0. The molecule has 86 valence electrons. The third-order valence-electron chi connectivity index (χ3n) is 1.77. The summed E-state index contributed by atoms with van der Waals surface area (Å²) < 4.78 is 17.4. The first-order valence-corrected chi connectivity index (χ1v) is 11.5. The van der Waals surface area contributed by atoms with Crippen LogP contribution in [0, 0.1) is 0 Å². The molecule has 0 amide bonds. The second-order valence-corrected chi connectivity index (χ2v) is 16.1. The van der Waals surface area contributed by atoms with Gasteiger partial charge in [-0.15, -0.1) is 0 Å². The second kappa shape index (κ2) is 5.56. The Hall–Kier alpha value is 2.02. The number of halogens is 2. The van der Waals surface area contributed by atoms with Crippen LogP contribution in [0.3, 0.4) is 0 Å². The van der Waals surface area contributed by atoms with Crippen LogP contribution in [0.5, 0.6) is 0 Å². The summed E-state index contributed by atoms with van der Waals surface area (Å²) in [7, 11) is 0. The molecule has 0 unspecified atom stereocenters. The van der Waals surface area contributed by atoms with E-state index in [9.17, 15) is 0 Å². The zero-order valence-electron chi connectivity index (χ0n) is 7.62. The molecule has 0 fully saturated rings. The molecule has 8 heteroatoms. The zero-order valence-corrected chi connectivity index (χ0v) is 17.0. The Morgan fingerprint density at radius 3 is 1.94 bits per heavy atom. The van der Waals surface area contributed by atoms with Gasteiger partial charge in [0.15, 0.2) is 0 Å².